The summed E-state index contributed by atoms with van der Waals surface area (Å²) in [4.78, 5) is 1.48. The molecule has 7 heteroatoms. The van der Waals surface area contributed by atoms with Gasteiger partial charge in [-0.25, -0.2) is 8.78 Å². The number of benzene rings is 1. The van der Waals surface area contributed by atoms with E-state index in [1.807, 2.05) is 0 Å². The van der Waals surface area contributed by atoms with Gasteiger partial charge < -0.3 is 9.64 Å². The zero-order chi connectivity index (χ0) is 13.2. The van der Waals surface area contributed by atoms with Crippen LogP contribution in [0.4, 0.5) is 27.6 Å². The fraction of sp³-hybridized carbons (Fsp3) is 0.400. The molecule has 0 saturated carbocycles. The molecule has 0 spiro atoms. The molecule has 0 N–H and O–H groups in total. The van der Waals surface area contributed by atoms with E-state index in [0.29, 0.717) is 5.69 Å². The normalized spacial score (nSPS) is 11.8. The summed E-state index contributed by atoms with van der Waals surface area (Å²) in [5.74, 6) is -0.876. The van der Waals surface area contributed by atoms with Crippen LogP contribution in [0.5, 0.6) is 5.75 Å². The highest BCUT2D eigenvalue weighted by Crippen LogP contribution is 2.35. The van der Waals surface area contributed by atoms with Gasteiger partial charge in [0.05, 0.1) is 5.56 Å². The first-order valence-electron chi connectivity index (χ1n) is 4.56. The highest BCUT2D eigenvalue weighted by Gasteiger charge is 2.33. The number of halogens is 5. The van der Waals surface area contributed by atoms with Gasteiger partial charge in [0.1, 0.15) is 5.75 Å². The van der Waals surface area contributed by atoms with Crippen LogP contribution in [-0.2, 0) is 0 Å². The molecule has 0 saturated heterocycles. The van der Waals surface area contributed by atoms with E-state index in [-0.39, 0.29) is 0 Å². The molecule has 0 amide bonds. The summed E-state index contributed by atoms with van der Waals surface area (Å²) in [6.07, 6.45) is -8.02. The Hall–Kier alpha value is -1.53. The first-order chi connectivity index (χ1) is 7.70. The third-order valence-corrected chi connectivity index (χ3v) is 1.97. The first-order valence-corrected chi connectivity index (χ1v) is 4.56. The summed E-state index contributed by atoms with van der Waals surface area (Å²) in [6.45, 7) is 0. The minimum Gasteiger partial charge on any atom is -0.405 e. The van der Waals surface area contributed by atoms with E-state index in [1.165, 1.54) is 11.0 Å². The second-order valence-corrected chi connectivity index (χ2v) is 3.47. The summed E-state index contributed by atoms with van der Waals surface area (Å²) < 4.78 is 64.6. The molecule has 0 unspecified atom stereocenters. The molecule has 0 fully saturated rings. The summed E-state index contributed by atoms with van der Waals surface area (Å²) in [6, 6.07) is 3.14. The summed E-state index contributed by atoms with van der Waals surface area (Å²) in [5.41, 5.74) is -0.443. The molecule has 1 rings (SSSR count). The molecule has 0 atom stereocenters. The Morgan fingerprint density at radius 2 is 1.76 bits per heavy atom. The average molecular weight is 255 g/mol. The van der Waals surface area contributed by atoms with Crippen LogP contribution < -0.4 is 9.64 Å². The number of rotatable bonds is 3. The van der Waals surface area contributed by atoms with E-state index in [9.17, 15) is 22.0 Å². The zero-order valence-corrected chi connectivity index (χ0v) is 9.05. The molecule has 1 aromatic carbocycles. The summed E-state index contributed by atoms with van der Waals surface area (Å²) in [5, 5.41) is 0. The molecule has 1 aromatic rings. The second kappa shape index (κ2) is 4.77. The zero-order valence-electron chi connectivity index (χ0n) is 9.05. The molecule has 0 aromatic heterocycles. The lowest BCUT2D eigenvalue weighted by Crippen LogP contribution is -2.19. The highest BCUT2D eigenvalue weighted by molar-refractivity contribution is 5.53. The van der Waals surface area contributed by atoms with E-state index in [1.54, 1.807) is 14.1 Å². The van der Waals surface area contributed by atoms with Crippen molar-refractivity contribution in [1.82, 2.24) is 0 Å². The fourth-order valence-electron chi connectivity index (χ4n) is 1.19. The molecule has 0 aliphatic rings. The van der Waals surface area contributed by atoms with Crippen LogP contribution in [0, 0.1) is 0 Å². The quantitative estimate of drug-likeness (QED) is 0.765. The number of anilines is 1. The van der Waals surface area contributed by atoms with Crippen LogP contribution in [-0.4, -0.2) is 20.5 Å². The predicted octanol–water partition coefficient (Wildman–Crippen LogP) is 3.59. The second-order valence-electron chi connectivity index (χ2n) is 3.47. The van der Waals surface area contributed by atoms with Crippen molar-refractivity contribution in [2.45, 2.75) is 12.8 Å². The van der Waals surface area contributed by atoms with Crippen LogP contribution in [0.15, 0.2) is 18.2 Å². The summed E-state index contributed by atoms with van der Waals surface area (Å²) in [7, 11) is 3.16. The Kier molecular flexibility index (Phi) is 3.79. The first kappa shape index (κ1) is 13.5. The molecule has 0 aliphatic carbocycles. The molecule has 2 nitrogen and oxygen atoms in total. The Morgan fingerprint density at radius 3 is 2.18 bits per heavy atom. The largest absolute Gasteiger partial charge is 0.573 e. The van der Waals surface area contributed by atoms with Crippen LogP contribution in [0.1, 0.15) is 12.0 Å². The van der Waals surface area contributed by atoms with Crippen LogP contribution in [0.25, 0.3) is 0 Å². The van der Waals surface area contributed by atoms with Crippen molar-refractivity contribution in [3.8, 4) is 5.75 Å². The van der Waals surface area contributed by atoms with Crippen molar-refractivity contribution in [1.29, 1.82) is 0 Å². The molecule has 0 heterocycles. The van der Waals surface area contributed by atoms with Gasteiger partial charge in [0.2, 0.25) is 0 Å². The predicted molar refractivity (Wildman–Crippen MR) is 52.4 cm³/mol. The van der Waals surface area contributed by atoms with E-state index in [0.717, 1.165) is 12.1 Å². The van der Waals surface area contributed by atoms with Gasteiger partial charge in [-0.1, -0.05) is 0 Å². The minimum atomic E-state index is -4.99. The minimum absolute atomic E-state index is 0.341. The van der Waals surface area contributed by atoms with E-state index in [2.05, 4.69) is 4.74 Å². The lowest BCUT2D eigenvalue weighted by Gasteiger charge is -2.17. The summed E-state index contributed by atoms with van der Waals surface area (Å²) >= 11 is 0. The maximum absolute atomic E-state index is 12.5. The Bertz CT molecular complexity index is 389. The average Bonchev–Trinajstić information content (AvgIpc) is 2.14. The Balaban J connectivity index is 3.16. The number of hydrogen-bond donors (Lipinski definition) is 0. The third-order valence-electron chi connectivity index (χ3n) is 1.97. The SMILES string of the molecule is CN(C)c1ccc(C(F)F)c(OC(F)(F)F)c1. The van der Waals surface area contributed by atoms with Gasteiger partial charge in [-0.15, -0.1) is 13.2 Å². The van der Waals surface area contributed by atoms with Gasteiger partial charge in [-0.3, -0.25) is 0 Å². The van der Waals surface area contributed by atoms with E-state index < -0.39 is 24.1 Å². The van der Waals surface area contributed by atoms with Gasteiger partial charge in [0, 0.05) is 25.8 Å². The molecule has 96 valence electrons. The standard InChI is InChI=1S/C10H10F5NO/c1-16(2)6-3-4-7(9(11)12)8(5-6)17-10(13,14)15/h3-5,9H,1-2H3. The molecule has 0 aliphatic heterocycles. The molecule has 0 bridgehead atoms. The Morgan fingerprint density at radius 1 is 1.18 bits per heavy atom. The number of ether oxygens (including phenoxy) is 1. The molecule has 17 heavy (non-hydrogen) atoms. The van der Waals surface area contributed by atoms with E-state index >= 15 is 0 Å². The van der Waals surface area contributed by atoms with Crippen LogP contribution in [0.3, 0.4) is 0 Å². The van der Waals surface area contributed by atoms with Gasteiger partial charge in [-0.2, -0.15) is 0 Å². The van der Waals surface area contributed by atoms with Crippen molar-refractivity contribution in [3.05, 3.63) is 23.8 Å². The van der Waals surface area contributed by atoms with Crippen LogP contribution in [0.2, 0.25) is 0 Å². The van der Waals surface area contributed by atoms with Gasteiger partial charge >= 0.3 is 6.36 Å². The highest BCUT2D eigenvalue weighted by atomic mass is 19.4. The smallest absolute Gasteiger partial charge is 0.405 e. The van der Waals surface area contributed by atoms with Crippen LogP contribution >= 0.6 is 0 Å². The van der Waals surface area contributed by atoms with Crippen molar-refractivity contribution >= 4 is 5.69 Å². The topological polar surface area (TPSA) is 12.5 Å². The van der Waals surface area contributed by atoms with Crippen molar-refractivity contribution < 1.29 is 26.7 Å². The van der Waals surface area contributed by atoms with E-state index in [4.69, 9.17) is 0 Å². The number of hydrogen-bond acceptors (Lipinski definition) is 2. The molecule has 0 radical (unpaired) electrons. The van der Waals surface area contributed by atoms with Crippen molar-refractivity contribution in [2.24, 2.45) is 0 Å². The van der Waals surface area contributed by atoms with Gasteiger partial charge in [0.25, 0.3) is 6.43 Å². The van der Waals surface area contributed by atoms with Crippen molar-refractivity contribution in [2.75, 3.05) is 19.0 Å². The molecular formula is C10H10F5NO. The Labute approximate surface area is 94.6 Å². The van der Waals surface area contributed by atoms with Gasteiger partial charge in [-0.05, 0) is 12.1 Å². The maximum atomic E-state index is 12.5. The van der Waals surface area contributed by atoms with Gasteiger partial charge in [0.15, 0.2) is 0 Å². The lowest BCUT2D eigenvalue weighted by molar-refractivity contribution is -0.275. The number of nitrogens with zero attached hydrogens (tertiary/aromatic N) is 1. The number of alkyl halides is 5. The fourth-order valence-corrected chi connectivity index (χ4v) is 1.19. The third kappa shape index (κ3) is 3.76. The maximum Gasteiger partial charge on any atom is 0.573 e. The molecular weight excluding hydrogens is 245 g/mol. The van der Waals surface area contributed by atoms with Crippen molar-refractivity contribution in [3.63, 3.8) is 0 Å². The monoisotopic (exact) mass is 255 g/mol. The lowest BCUT2D eigenvalue weighted by atomic mass is 10.2.